The summed E-state index contributed by atoms with van der Waals surface area (Å²) in [5.74, 6) is 0. The lowest BCUT2D eigenvalue weighted by Gasteiger charge is -2.23. The number of benzene rings is 1. The topological polar surface area (TPSA) is 73.6 Å². The molecular formula is C17H19N5O2. The third-order valence-electron chi connectivity index (χ3n) is 4.05. The average Bonchev–Trinajstić information content (AvgIpc) is 3.12. The number of hydrogen-bond donors (Lipinski definition) is 1. The van der Waals surface area contributed by atoms with E-state index in [1.165, 1.54) is 0 Å². The Morgan fingerprint density at radius 2 is 2.08 bits per heavy atom. The van der Waals surface area contributed by atoms with Crippen LogP contribution in [0.2, 0.25) is 0 Å². The van der Waals surface area contributed by atoms with Crippen LogP contribution in [0.3, 0.4) is 0 Å². The predicted octanol–water partition coefficient (Wildman–Crippen LogP) is 1.30. The number of nitrogens with one attached hydrogen (secondary N) is 1. The van der Waals surface area contributed by atoms with Crippen LogP contribution in [-0.2, 0) is 16.0 Å². The molecule has 0 saturated carbocycles. The molecule has 1 fully saturated rings. The zero-order chi connectivity index (χ0) is 16.2. The fraction of sp³-hybridized carbons (Fsp3) is 0.353. The monoisotopic (exact) mass is 325 g/mol. The third kappa shape index (κ3) is 3.28. The van der Waals surface area contributed by atoms with Crippen LogP contribution in [-0.4, -0.2) is 52.5 Å². The molecule has 3 heterocycles. The highest BCUT2D eigenvalue weighted by molar-refractivity contribution is 5.66. The van der Waals surface area contributed by atoms with Crippen molar-refractivity contribution in [2.45, 2.75) is 12.6 Å². The molecule has 4 rings (SSSR count). The van der Waals surface area contributed by atoms with Gasteiger partial charge in [0.05, 0.1) is 25.9 Å². The van der Waals surface area contributed by atoms with E-state index in [0.717, 1.165) is 28.9 Å². The van der Waals surface area contributed by atoms with Crippen molar-refractivity contribution in [3.8, 4) is 11.1 Å². The quantitative estimate of drug-likeness (QED) is 0.762. The Balaban J connectivity index is 1.54. The Labute approximate surface area is 139 Å². The van der Waals surface area contributed by atoms with Crippen LogP contribution < -0.4 is 5.32 Å². The van der Waals surface area contributed by atoms with Gasteiger partial charge in [-0.1, -0.05) is 30.3 Å². The third-order valence-corrected chi connectivity index (χ3v) is 4.05. The first-order chi connectivity index (χ1) is 11.9. The summed E-state index contributed by atoms with van der Waals surface area (Å²) in [6.45, 7) is 3.39. The molecule has 7 nitrogen and oxygen atoms in total. The van der Waals surface area contributed by atoms with Gasteiger partial charge in [-0.05, 0) is 22.1 Å². The summed E-state index contributed by atoms with van der Waals surface area (Å²) in [6, 6.07) is 12.3. The summed E-state index contributed by atoms with van der Waals surface area (Å²) in [7, 11) is 0. The van der Waals surface area contributed by atoms with Gasteiger partial charge in [0.15, 0.2) is 5.65 Å². The lowest BCUT2D eigenvalue weighted by Crippen LogP contribution is -2.37. The first-order valence-electron chi connectivity index (χ1n) is 8.06. The average molecular weight is 325 g/mol. The van der Waals surface area contributed by atoms with E-state index in [2.05, 4.69) is 39.0 Å². The van der Waals surface area contributed by atoms with Crippen LogP contribution in [0.5, 0.6) is 0 Å². The van der Waals surface area contributed by atoms with Crippen LogP contribution in [0.1, 0.15) is 5.56 Å². The van der Waals surface area contributed by atoms with Crippen molar-refractivity contribution in [2.24, 2.45) is 0 Å². The zero-order valence-electron chi connectivity index (χ0n) is 13.3. The summed E-state index contributed by atoms with van der Waals surface area (Å²) < 4.78 is 12.8. The number of nitrogens with zero attached hydrogens (tertiary/aromatic N) is 4. The molecule has 0 bridgehead atoms. The second-order valence-electron chi connectivity index (χ2n) is 5.77. The van der Waals surface area contributed by atoms with E-state index in [-0.39, 0.29) is 6.10 Å². The van der Waals surface area contributed by atoms with Gasteiger partial charge in [0.25, 0.3) is 0 Å². The minimum absolute atomic E-state index is 0.100. The molecule has 0 radical (unpaired) electrons. The van der Waals surface area contributed by atoms with E-state index in [0.29, 0.717) is 26.4 Å². The van der Waals surface area contributed by atoms with Gasteiger partial charge in [0, 0.05) is 30.4 Å². The first-order valence-corrected chi connectivity index (χ1v) is 8.06. The van der Waals surface area contributed by atoms with E-state index >= 15 is 0 Å². The molecule has 1 atom stereocenters. The zero-order valence-corrected chi connectivity index (χ0v) is 13.3. The van der Waals surface area contributed by atoms with Crippen LogP contribution in [0.4, 0.5) is 0 Å². The van der Waals surface area contributed by atoms with Crippen molar-refractivity contribution in [1.29, 1.82) is 0 Å². The fourth-order valence-corrected chi connectivity index (χ4v) is 2.85. The highest BCUT2D eigenvalue weighted by Crippen LogP contribution is 2.21. The van der Waals surface area contributed by atoms with Gasteiger partial charge in [0.1, 0.15) is 0 Å². The first kappa shape index (κ1) is 15.2. The van der Waals surface area contributed by atoms with Crippen molar-refractivity contribution in [1.82, 2.24) is 25.4 Å². The van der Waals surface area contributed by atoms with Gasteiger partial charge in [-0.2, -0.15) is 4.52 Å². The van der Waals surface area contributed by atoms with E-state index in [9.17, 15) is 0 Å². The number of hydrogen-bond acceptors (Lipinski definition) is 6. The molecule has 0 amide bonds. The van der Waals surface area contributed by atoms with Gasteiger partial charge < -0.3 is 14.8 Å². The van der Waals surface area contributed by atoms with Crippen molar-refractivity contribution in [3.05, 3.63) is 48.2 Å². The van der Waals surface area contributed by atoms with Gasteiger partial charge in [-0.15, -0.1) is 5.10 Å². The summed E-state index contributed by atoms with van der Waals surface area (Å²) in [4.78, 5) is 0. The molecule has 3 aromatic rings. The molecule has 1 aromatic carbocycles. The van der Waals surface area contributed by atoms with Gasteiger partial charge >= 0.3 is 0 Å². The van der Waals surface area contributed by atoms with Crippen molar-refractivity contribution < 1.29 is 9.47 Å². The second-order valence-corrected chi connectivity index (χ2v) is 5.77. The lowest BCUT2D eigenvalue weighted by atomic mass is 10.1. The highest BCUT2D eigenvalue weighted by atomic mass is 16.6. The number of aromatic nitrogens is 4. The van der Waals surface area contributed by atoms with E-state index in [1.54, 1.807) is 4.52 Å². The summed E-state index contributed by atoms with van der Waals surface area (Å²) in [5.41, 5.74) is 4.05. The second kappa shape index (κ2) is 7.04. The minimum atomic E-state index is 0.100. The Hall–Kier alpha value is -2.35. The largest absolute Gasteiger partial charge is 0.376 e. The number of rotatable bonds is 5. The van der Waals surface area contributed by atoms with Crippen LogP contribution >= 0.6 is 0 Å². The summed E-state index contributed by atoms with van der Waals surface area (Å²) in [6.07, 6.45) is 2.05. The highest BCUT2D eigenvalue weighted by Gasteiger charge is 2.14. The molecule has 2 aromatic heterocycles. The molecule has 7 heteroatoms. The molecule has 0 spiro atoms. The minimum Gasteiger partial charge on any atom is -0.376 e. The van der Waals surface area contributed by atoms with E-state index < -0.39 is 0 Å². The maximum atomic E-state index is 5.65. The van der Waals surface area contributed by atoms with Gasteiger partial charge in [-0.3, -0.25) is 0 Å². The fourth-order valence-electron chi connectivity index (χ4n) is 2.85. The molecule has 24 heavy (non-hydrogen) atoms. The molecule has 1 N–H and O–H groups in total. The maximum absolute atomic E-state index is 5.65. The number of tetrazole rings is 1. The lowest BCUT2D eigenvalue weighted by molar-refractivity contribution is -0.0864. The Kier molecular flexibility index (Phi) is 4.46. The predicted molar refractivity (Wildman–Crippen MR) is 88.5 cm³/mol. The summed E-state index contributed by atoms with van der Waals surface area (Å²) >= 11 is 0. The molecule has 1 saturated heterocycles. The number of fused-ring (bicyclic) bond motifs is 1. The van der Waals surface area contributed by atoms with Crippen LogP contribution in [0.15, 0.2) is 42.6 Å². The standard InChI is InChI=1S/C17H19N5O2/c1-2-4-13(5-3-1)15-8-14(17-19-20-21-22(17)11-15)9-18-10-16-12-23-6-7-24-16/h1-5,8,11,16,18H,6-7,9-10,12H2/t16-/m0/s1. The van der Waals surface area contributed by atoms with Crippen molar-refractivity contribution in [2.75, 3.05) is 26.4 Å². The van der Waals surface area contributed by atoms with Crippen LogP contribution in [0.25, 0.3) is 16.8 Å². The smallest absolute Gasteiger partial charge is 0.183 e. The SMILES string of the molecule is c1ccc(-c2cc(CNC[C@H]3COCCO3)c3nnnn3c2)cc1. The van der Waals surface area contributed by atoms with Crippen LogP contribution in [0, 0.1) is 0 Å². The molecule has 1 aliphatic rings. The van der Waals surface area contributed by atoms with E-state index in [1.807, 2.05) is 24.4 Å². The maximum Gasteiger partial charge on any atom is 0.183 e. The Bertz CT molecular complexity index is 799. The van der Waals surface area contributed by atoms with Gasteiger partial charge in [0.2, 0.25) is 0 Å². The molecule has 0 aliphatic carbocycles. The molecule has 1 aliphatic heterocycles. The van der Waals surface area contributed by atoms with E-state index in [4.69, 9.17) is 9.47 Å². The Morgan fingerprint density at radius 1 is 1.17 bits per heavy atom. The number of pyridine rings is 1. The van der Waals surface area contributed by atoms with Crippen molar-refractivity contribution in [3.63, 3.8) is 0 Å². The molecule has 0 unspecified atom stereocenters. The number of ether oxygens (including phenoxy) is 2. The summed E-state index contributed by atoms with van der Waals surface area (Å²) in [5, 5.41) is 15.4. The van der Waals surface area contributed by atoms with Gasteiger partial charge in [-0.25, -0.2) is 0 Å². The molecule has 124 valence electrons. The normalized spacial score (nSPS) is 18.1. The van der Waals surface area contributed by atoms with Crippen molar-refractivity contribution >= 4 is 5.65 Å². The molecular weight excluding hydrogens is 306 g/mol. The Morgan fingerprint density at radius 3 is 2.92 bits per heavy atom.